The fraction of sp³-hybridized carbons (Fsp3) is 0.240. The van der Waals surface area contributed by atoms with E-state index in [1.807, 2.05) is 25.1 Å². The van der Waals surface area contributed by atoms with Gasteiger partial charge in [-0.25, -0.2) is 4.39 Å². The van der Waals surface area contributed by atoms with E-state index >= 15 is 0 Å². The van der Waals surface area contributed by atoms with Crippen molar-refractivity contribution in [2.24, 2.45) is 9.98 Å². The first kappa shape index (κ1) is 20.5. The van der Waals surface area contributed by atoms with Gasteiger partial charge in [-0.1, -0.05) is 24.6 Å². The second-order valence-electron chi connectivity index (χ2n) is 7.67. The molecule has 1 heterocycles. The van der Waals surface area contributed by atoms with Crippen LogP contribution in [0.15, 0.2) is 64.7 Å². The molecule has 156 valence electrons. The summed E-state index contributed by atoms with van der Waals surface area (Å²) in [6, 6.07) is 11.9. The standard InChI is InChI=1S/C25H23FN4O/c1-4-18-9-12-23-21(13-18)25(20-7-5-6-8-22(20)26)28-16(2)17(3)30(23)15-27-14-24(31)29-19-10-11-19/h1,5-9,12-13,15-16,19H,3,10-11,14H2,2H3,(H,29,31)/t16-/m1/s1. The molecule has 0 aromatic heterocycles. The number of halogens is 1. The molecule has 2 aliphatic rings. The number of fused-ring (bicyclic) bond motifs is 1. The van der Waals surface area contributed by atoms with E-state index < -0.39 is 0 Å². The lowest BCUT2D eigenvalue weighted by Gasteiger charge is -2.24. The molecule has 0 spiro atoms. The SMILES string of the molecule is C#Cc1ccc2c(c1)C(c1ccccc1F)=N[C@H](C)C(=C)N2C=NCC(=O)NC1CC1. The molecule has 6 heteroatoms. The van der Waals surface area contributed by atoms with Gasteiger partial charge in [0.2, 0.25) is 5.91 Å². The molecule has 1 aliphatic carbocycles. The predicted octanol–water partition coefficient (Wildman–Crippen LogP) is 3.67. The molecule has 2 aromatic carbocycles. The van der Waals surface area contributed by atoms with E-state index in [0.717, 1.165) is 18.5 Å². The first-order valence-corrected chi connectivity index (χ1v) is 10.2. The number of terminal acetylenes is 1. The summed E-state index contributed by atoms with van der Waals surface area (Å²) in [6.45, 7) is 6.09. The van der Waals surface area contributed by atoms with Crippen molar-refractivity contribution in [3.8, 4) is 12.3 Å². The van der Waals surface area contributed by atoms with Crippen LogP contribution in [0, 0.1) is 18.2 Å². The molecule has 2 aromatic rings. The van der Waals surface area contributed by atoms with Crippen LogP contribution in [0.1, 0.15) is 36.5 Å². The molecule has 5 nitrogen and oxygen atoms in total. The van der Waals surface area contributed by atoms with E-state index in [-0.39, 0.29) is 30.4 Å². The summed E-state index contributed by atoms with van der Waals surface area (Å²) in [7, 11) is 0. The number of anilines is 1. The summed E-state index contributed by atoms with van der Waals surface area (Å²) in [5.74, 6) is 2.15. The van der Waals surface area contributed by atoms with Crippen molar-refractivity contribution in [3.05, 3.63) is 77.2 Å². The van der Waals surface area contributed by atoms with Gasteiger partial charge < -0.3 is 10.2 Å². The Bertz CT molecular complexity index is 1140. The molecule has 1 saturated carbocycles. The number of nitrogens with zero attached hydrogens (tertiary/aromatic N) is 3. The van der Waals surface area contributed by atoms with Crippen LogP contribution >= 0.6 is 0 Å². The minimum absolute atomic E-state index is 0.0213. The average molecular weight is 414 g/mol. The van der Waals surface area contributed by atoms with Gasteiger partial charge in [0.05, 0.1) is 23.8 Å². The van der Waals surface area contributed by atoms with Gasteiger partial charge in [0.1, 0.15) is 12.4 Å². The van der Waals surface area contributed by atoms with Crippen LogP contribution in [0.4, 0.5) is 10.1 Å². The normalized spacial score (nSPS) is 18.2. The second-order valence-corrected chi connectivity index (χ2v) is 7.67. The van der Waals surface area contributed by atoms with Crippen molar-refractivity contribution >= 4 is 23.6 Å². The maximum Gasteiger partial charge on any atom is 0.241 e. The highest BCUT2D eigenvalue weighted by atomic mass is 19.1. The largest absolute Gasteiger partial charge is 0.352 e. The number of aliphatic imine (C=N–C) groups is 2. The zero-order valence-corrected chi connectivity index (χ0v) is 17.3. The molecule has 4 rings (SSSR count). The van der Waals surface area contributed by atoms with Gasteiger partial charge in [0.15, 0.2) is 0 Å². The lowest BCUT2D eigenvalue weighted by molar-refractivity contribution is -0.119. The van der Waals surface area contributed by atoms with Gasteiger partial charge in [-0.05, 0) is 50.1 Å². The topological polar surface area (TPSA) is 57.1 Å². The number of carbonyl (C=O) groups excluding carboxylic acids is 1. The Kier molecular flexibility index (Phi) is 5.68. The highest BCUT2D eigenvalue weighted by molar-refractivity contribution is 6.18. The summed E-state index contributed by atoms with van der Waals surface area (Å²) in [5.41, 5.74) is 3.61. The monoisotopic (exact) mass is 414 g/mol. The summed E-state index contributed by atoms with van der Waals surface area (Å²) in [5, 5.41) is 2.91. The van der Waals surface area contributed by atoms with E-state index in [1.54, 1.807) is 29.4 Å². The Morgan fingerprint density at radius 1 is 1.35 bits per heavy atom. The zero-order chi connectivity index (χ0) is 22.0. The average Bonchev–Trinajstić information content (AvgIpc) is 3.59. The maximum absolute atomic E-state index is 14.7. The maximum atomic E-state index is 14.7. The third-order valence-electron chi connectivity index (χ3n) is 5.30. The van der Waals surface area contributed by atoms with Crippen LogP contribution in [-0.2, 0) is 4.79 Å². The van der Waals surface area contributed by atoms with E-state index in [9.17, 15) is 9.18 Å². The number of rotatable bonds is 5. The minimum atomic E-state index is -0.366. The van der Waals surface area contributed by atoms with Crippen LogP contribution in [-0.4, -0.2) is 36.6 Å². The van der Waals surface area contributed by atoms with Crippen molar-refractivity contribution in [2.75, 3.05) is 11.4 Å². The Hall–Kier alpha value is -3.72. The van der Waals surface area contributed by atoms with E-state index in [1.165, 1.54) is 6.07 Å². The fourth-order valence-electron chi connectivity index (χ4n) is 3.43. The number of amides is 1. The van der Waals surface area contributed by atoms with E-state index in [2.05, 4.69) is 22.8 Å². The molecule has 0 bridgehead atoms. The molecular formula is C25H23FN4O. The van der Waals surface area contributed by atoms with Crippen LogP contribution < -0.4 is 10.2 Å². The van der Waals surface area contributed by atoms with Crippen LogP contribution in [0.5, 0.6) is 0 Å². The van der Waals surface area contributed by atoms with Gasteiger partial charge >= 0.3 is 0 Å². The van der Waals surface area contributed by atoms with Gasteiger partial charge in [-0.3, -0.25) is 14.8 Å². The molecule has 31 heavy (non-hydrogen) atoms. The molecule has 1 amide bonds. The van der Waals surface area contributed by atoms with Gasteiger partial charge in [0, 0.05) is 28.4 Å². The molecule has 1 N–H and O–H groups in total. The quantitative estimate of drug-likeness (QED) is 0.461. The van der Waals surface area contributed by atoms with E-state index in [0.29, 0.717) is 28.1 Å². The number of nitrogens with one attached hydrogen (secondary N) is 1. The van der Waals surface area contributed by atoms with Crippen molar-refractivity contribution in [1.82, 2.24) is 5.32 Å². The summed E-state index contributed by atoms with van der Waals surface area (Å²) >= 11 is 0. The van der Waals surface area contributed by atoms with E-state index in [4.69, 9.17) is 11.4 Å². The number of carbonyl (C=O) groups is 1. The van der Waals surface area contributed by atoms with Crippen molar-refractivity contribution in [3.63, 3.8) is 0 Å². The predicted molar refractivity (Wildman–Crippen MR) is 122 cm³/mol. The van der Waals surface area contributed by atoms with Crippen molar-refractivity contribution in [2.45, 2.75) is 31.8 Å². The Labute approximate surface area is 181 Å². The van der Waals surface area contributed by atoms with Crippen LogP contribution in [0.2, 0.25) is 0 Å². The minimum Gasteiger partial charge on any atom is -0.352 e. The number of benzene rings is 2. The summed E-state index contributed by atoms with van der Waals surface area (Å²) in [6.07, 6.45) is 9.25. The molecule has 1 aliphatic heterocycles. The Morgan fingerprint density at radius 2 is 2.13 bits per heavy atom. The van der Waals surface area contributed by atoms with Crippen molar-refractivity contribution in [1.29, 1.82) is 0 Å². The highest BCUT2D eigenvalue weighted by Crippen LogP contribution is 2.32. The first-order chi connectivity index (χ1) is 15.0. The molecule has 0 radical (unpaired) electrons. The number of hydrogen-bond donors (Lipinski definition) is 1. The third-order valence-corrected chi connectivity index (χ3v) is 5.30. The van der Waals surface area contributed by atoms with Gasteiger partial charge in [-0.2, -0.15) is 0 Å². The van der Waals surface area contributed by atoms with Gasteiger partial charge in [-0.15, -0.1) is 6.42 Å². The fourth-order valence-corrected chi connectivity index (χ4v) is 3.43. The van der Waals surface area contributed by atoms with Gasteiger partial charge in [0.25, 0.3) is 0 Å². The van der Waals surface area contributed by atoms with Crippen LogP contribution in [0.25, 0.3) is 0 Å². The molecule has 0 unspecified atom stereocenters. The Balaban J connectivity index is 1.75. The second kappa shape index (κ2) is 8.57. The molecular weight excluding hydrogens is 391 g/mol. The third kappa shape index (κ3) is 4.41. The van der Waals surface area contributed by atoms with Crippen LogP contribution in [0.3, 0.4) is 0 Å². The molecule has 0 saturated heterocycles. The summed E-state index contributed by atoms with van der Waals surface area (Å²) < 4.78 is 14.7. The molecule has 1 fully saturated rings. The van der Waals surface area contributed by atoms with Crippen molar-refractivity contribution < 1.29 is 9.18 Å². The molecule has 1 atom stereocenters. The number of hydrogen-bond acceptors (Lipinski definition) is 3. The zero-order valence-electron chi connectivity index (χ0n) is 17.3. The lowest BCUT2D eigenvalue weighted by Crippen LogP contribution is -2.29. The number of benzodiazepines with no additional fused rings is 1. The first-order valence-electron chi connectivity index (χ1n) is 10.2. The summed E-state index contributed by atoms with van der Waals surface area (Å²) in [4.78, 5) is 22.9. The smallest absolute Gasteiger partial charge is 0.241 e. The Morgan fingerprint density at radius 3 is 2.84 bits per heavy atom. The lowest BCUT2D eigenvalue weighted by atomic mass is 9.98. The highest BCUT2D eigenvalue weighted by Gasteiger charge is 2.27.